The minimum absolute atomic E-state index is 0.00110. The van der Waals surface area contributed by atoms with Crippen LogP contribution in [-0.4, -0.2) is 22.1 Å². The molecule has 0 unspecified atom stereocenters. The van der Waals surface area contributed by atoms with E-state index in [-0.39, 0.29) is 5.91 Å². The van der Waals surface area contributed by atoms with Crippen molar-refractivity contribution in [3.8, 4) is 0 Å². The normalized spacial score (nSPS) is 25.0. The number of hydrogen-bond donors (Lipinski definition) is 1. The van der Waals surface area contributed by atoms with Gasteiger partial charge in [0.1, 0.15) is 10.8 Å². The molecule has 0 radical (unpaired) electrons. The number of nitrogens with zero attached hydrogens (tertiary/aromatic N) is 2. The first-order valence-corrected chi connectivity index (χ1v) is 11.0. The molecule has 2 saturated carbocycles. The summed E-state index contributed by atoms with van der Waals surface area (Å²) in [6.45, 7) is 1.88. The lowest BCUT2D eigenvalue weighted by Crippen LogP contribution is -2.41. The predicted octanol–water partition coefficient (Wildman–Crippen LogP) is 4.76. The zero-order valence-electron chi connectivity index (χ0n) is 15.8. The van der Waals surface area contributed by atoms with Crippen molar-refractivity contribution >= 4 is 17.7 Å². The highest BCUT2D eigenvalue weighted by molar-refractivity contribution is 7.98. The molecule has 2 aromatic rings. The Morgan fingerprint density at radius 1 is 1.26 bits per heavy atom. The first-order chi connectivity index (χ1) is 13.2. The Morgan fingerprint density at radius 3 is 2.93 bits per heavy atom. The molecule has 0 aliphatic heterocycles. The zero-order chi connectivity index (χ0) is 18.6. The number of rotatable bonds is 5. The van der Waals surface area contributed by atoms with E-state index >= 15 is 0 Å². The highest BCUT2D eigenvalue weighted by atomic mass is 32.2. The fourth-order valence-corrected chi connectivity index (χ4v) is 5.45. The maximum absolute atomic E-state index is 12.9. The van der Waals surface area contributed by atoms with Gasteiger partial charge in [-0.15, -0.1) is 0 Å². The van der Waals surface area contributed by atoms with Gasteiger partial charge in [0.15, 0.2) is 0 Å². The van der Waals surface area contributed by atoms with Crippen molar-refractivity contribution in [1.82, 2.24) is 15.5 Å². The van der Waals surface area contributed by atoms with E-state index in [4.69, 9.17) is 4.52 Å². The van der Waals surface area contributed by atoms with Crippen LogP contribution in [0.5, 0.6) is 0 Å². The summed E-state index contributed by atoms with van der Waals surface area (Å²) in [5.74, 6) is 3.13. The van der Waals surface area contributed by atoms with E-state index in [0.29, 0.717) is 17.4 Å². The molecule has 2 aromatic heterocycles. The molecule has 27 heavy (non-hydrogen) atoms. The van der Waals surface area contributed by atoms with Crippen LogP contribution in [0.25, 0.3) is 0 Å². The number of hydrogen-bond acceptors (Lipinski definition) is 5. The van der Waals surface area contributed by atoms with E-state index < -0.39 is 0 Å². The first kappa shape index (κ1) is 18.5. The second-order valence-electron chi connectivity index (χ2n) is 7.86. The monoisotopic (exact) mass is 385 g/mol. The molecular weight excluding hydrogens is 358 g/mol. The maximum Gasteiger partial charge on any atom is 0.254 e. The summed E-state index contributed by atoms with van der Waals surface area (Å²) < 4.78 is 5.11. The molecule has 4 rings (SSSR count). The summed E-state index contributed by atoms with van der Waals surface area (Å²) in [6.07, 6.45) is 10.7. The molecule has 2 aliphatic carbocycles. The summed E-state index contributed by atoms with van der Waals surface area (Å²) in [6, 6.07) is 5.91. The van der Waals surface area contributed by atoms with E-state index in [9.17, 15) is 4.79 Å². The summed E-state index contributed by atoms with van der Waals surface area (Å²) >= 11 is 1.53. The Balaban J connectivity index is 1.38. The highest BCUT2D eigenvalue weighted by Crippen LogP contribution is 2.40. The second-order valence-corrected chi connectivity index (χ2v) is 8.83. The molecule has 0 bridgehead atoms. The van der Waals surface area contributed by atoms with Crippen LogP contribution in [0, 0.1) is 18.8 Å². The number of amides is 1. The lowest BCUT2D eigenvalue weighted by molar-refractivity contribution is 0.0876. The number of aromatic nitrogens is 2. The standard InChI is InChI=1S/C21H27N3O2S/c1-14-11-18(24-26-14)13-27-21-19(7-4-10-22-21)20(25)23-17-9-8-15-5-2-3-6-16(15)12-17/h4,7,10-11,15-17H,2-3,5-6,8-9,12-13H2,1H3,(H,23,25)/t15-,16-,17-/m1/s1. The predicted molar refractivity (Wildman–Crippen MR) is 106 cm³/mol. The van der Waals surface area contributed by atoms with Crippen molar-refractivity contribution in [1.29, 1.82) is 0 Å². The Kier molecular flexibility index (Phi) is 5.81. The van der Waals surface area contributed by atoms with Gasteiger partial charge in [-0.25, -0.2) is 4.98 Å². The topological polar surface area (TPSA) is 68.0 Å². The summed E-state index contributed by atoms with van der Waals surface area (Å²) in [5.41, 5.74) is 1.53. The molecule has 0 saturated heterocycles. The molecule has 5 nitrogen and oxygen atoms in total. The lowest BCUT2D eigenvalue weighted by atomic mass is 9.69. The van der Waals surface area contributed by atoms with Crippen molar-refractivity contribution in [3.05, 3.63) is 41.4 Å². The Labute approximate surface area is 164 Å². The van der Waals surface area contributed by atoms with Crippen molar-refractivity contribution in [2.24, 2.45) is 11.8 Å². The quantitative estimate of drug-likeness (QED) is 0.752. The molecule has 0 aromatic carbocycles. The van der Waals surface area contributed by atoms with Gasteiger partial charge >= 0.3 is 0 Å². The molecule has 0 spiro atoms. The average Bonchev–Trinajstić information content (AvgIpc) is 3.11. The molecule has 2 aliphatic rings. The first-order valence-electron chi connectivity index (χ1n) is 10.00. The number of carbonyl (C=O) groups is 1. The average molecular weight is 386 g/mol. The number of fused-ring (bicyclic) bond motifs is 1. The van der Waals surface area contributed by atoms with Crippen LogP contribution < -0.4 is 5.32 Å². The van der Waals surface area contributed by atoms with Crippen molar-refractivity contribution < 1.29 is 9.32 Å². The smallest absolute Gasteiger partial charge is 0.254 e. The third-order valence-electron chi connectivity index (χ3n) is 5.92. The molecule has 6 heteroatoms. The Morgan fingerprint density at radius 2 is 2.11 bits per heavy atom. The maximum atomic E-state index is 12.9. The van der Waals surface area contributed by atoms with E-state index in [2.05, 4.69) is 15.5 Å². The van der Waals surface area contributed by atoms with Gasteiger partial charge in [-0.05, 0) is 50.2 Å². The molecule has 3 atom stereocenters. The zero-order valence-corrected chi connectivity index (χ0v) is 16.6. The fraction of sp³-hybridized carbons (Fsp3) is 0.571. The molecule has 1 N–H and O–H groups in total. The summed E-state index contributed by atoms with van der Waals surface area (Å²) in [4.78, 5) is 17.3. The van der Waals surface area contributed by atoms with Gasteiger partial charge in [0.2, 0.25) is 0 Å². The van der Waals surface area contributed by atoms with Crippen LogP contribution in [0.2, 0.25) is 0 Å². The molecule has 144 valence electrons. The number of nitrogens with one attached hydrogen (secondary N) is 1. The molecule has 2 heterocycles. The van der Waals surface area contributed by atoms with E-state index in [1.807, 2.05) is 25.1 Å². The Hall–Kier alpha value is -1.82. The minimum atomic E-state index is 0.00110. The van der Waals surface area contributed by atoms with Crippen LogP contribution in [0.3, 0.4) is 0 Å². The van der Waals surface area contributed by atoms with Crippen LogP contribution in [0.4, 0.5) is 0 Å². The van der Waals surface area contributed by atoms with Crippen molar-refractivity contribution in [3.63, 3.8) is 0 Å². The molecule has 1 amide bonds. The molecular formula is C21H27N3O2S. The van der Waals surface area contributed by atoms with Crippen LogP contribution in [0.15, 0.2) is 33.9 Å². The second kappa shape index (κ2) is 8.46. The van der Waals surface area contributed by atoms with Gasteiger partial charge in [-0.1, -0.05) is 42.6 Å². The largest absolute Gasteiger partial charge is 0.361 e. The van der Waals surface area contributed by atoms with E-state index in [1.54, 1.807) is 6.20 Å². The highest BCUT2D eigenvalue weighted by Gasteiger charge is 2.33. The molecule has 2 fully saturated rings. The summed E-state index contributed by atoms with van der Waals surface area (Å²) in [5, 5.41) is 8.05. The minimum Gasteiger partial charge on any atom is -0.361 e. The summed E-state index contributed by atoms with van der Waals surface area (Å²) in [7, 11) is 0. The van der Waals surface area contributed by atoms with Gasteiger partial charge in [0, 0.05) is 24.1 Å². The van der Waals surface area contributed by atoms with Gasteiger partial charge < -0.3 is 9.84 Å². The van der Waals surface area contributed by atoms with Gasteiger partial charge in [0.25, 0.3) is 5.91 Å². The third-order valence-corrected chi connectivity index (χ3v) is 6.96. The Bertz CT molecular complexity index is 791. The fourth-order valence-electron chi connectivity index (χ4n) is 4.57. The number of thioether (sulfide) groups is 1. The van der Waals surface area contributed by atoms with Gasteiger partial charge in [-0.3, -0.25) is 4.79 Å². The number of aryl methyl sites for hydroxylation is 1. The van der Waals surface area contributed by atoms with Crippen molar-refractivity contribution in [2.75, 3.05) is 0 Å². The van der Waals surface area contributed by atoms with Gasteiger partial charge in [-0.2, -0.15) is 0 Å². The van der Waals surface area contributed by atoms with Crippen LogP contribution >= 0.6 is 11.8 Å². The SMILES string of the molecule is Cc1cc(CSc2ncccc2C(=O)N[C@@H]2CC[C@H]3CCCC[C@@H]3C2)no1. The van der Waals surface area contributed by atoms with Crippen molar-refractivity contribution in [2.45, 2.75) is 68.7 Å². The number of pyridine rings is 1. The van der Waals surface area contributed by atoms with Crippen LogP contribution in [0.1, 0.15) is 66.8 Å². The third kappa shape index (κ3) is 4.54. The van der Waals surface area contributed by atoms with Gasteiger partial charge in [0.05, 0.1) is 11.3 Å². The van der Waals surface area contributed by atoms with Crippen LogP contribution in [-0.2, 0) is 5.75 Å². The van der Waals surface area contributed by atoms with E-state index in [1.165, 1.54) is 43.9 Å². The lowest BCUT2D eigenvalue weighted by Gasteiger charge is -2.39. The number of carbonyl (C=O) groups excluding carboxylic acids is 1. The van der Waals surface area contributed by atoms with E-state index in [0.717, 1.165) is 41.2 Å².